The normalized spacial score (nSPS) is 28.8. The third-order valence-electron chi connectivity index (χ3n) is 1.63. The fourth-order valence-corrected chi connectivity index (χ4v) is 2.22. The van der Waals surface area contributed by atoms with E-state index >= 15 is 0 Å². The summed E-state index contributed by atoms with van der Waals surface area (Å²) in [4.78, 5) is 0. The molecule has 1 fully saturated rings. The van der Waals surface area contributed by atoms with E-state index in [0.717, 1.165) is 6.54 Å². The molecule has 0 bridgehead atoms. The molecule has 1 saturated heterocycles. The number of aliphatic hydroxyl groups excluding tert-OH is 1. The summed E-state index contributed by atoms with van der Waals surface area (Å²) in [6, 6.07) is 0.652. The van der Waals surface area contributed by atoms with Crippen LogP contribution in [0.2, 0.25) is 0 Å². The van der Waals surface area contributed by atoms with Crippen LogP contribution in [0.15, 0.2) is 0 Å². The molecule has 1 heterocycles. The smallest absolute Gasteiger partial charge is 0.0636 e. The lowest BCUT2D eigenvalue weighted by Crippen LogP contribution is -2.34. The van der Waals surface area contributed by atoms with Crippen LogP contribution in [-0.4, -0.2) is 35.3 Å². The molecule has 0 radical (unpaired) electrons. The molecular formula is C7H15NOS. The Morgan fingerprint density at radius 3 is 3.10 bits per heavy atom. The van der Waals surface area contributed by atoms with Gasteiger partial charge in [0.05, 0.1) is 6.10 Å². The van der Waals surface area contributed by atoms with E-state index in [1.165, 1.54) is 17.9 Å². The lowest BCUT2D eigenvalue weighted by Gasteiger charge is -2.11. The quantitative estimate of drug-likeness (QED) is 0.631. The minimum absolute atomic E-state index is 0.203. The summed E-state index contributed by atoms with van der Waals surface area (Å²) in [6.07, 6.45) is 1.06. The molecule has 2 N–H and O–H groups in total. The molecule has 10 heavy (non-hydrogen) atoms. The zero-order valence-electron chi connectivity index (χ0n) is 6.34. The second-order valence-corrected chi connectivity index (χ2v) is 3.97. The first-order valence-electron chi connectivity index (χ1n) is 3.78. The minimum atomic E-state index is -0.203. The van der Waals surface area contributed by atoms with E-state index in [9.17, 15) is 0 Å². The molecule has 1 aliphatic heterocycles. The van der Waals surface area contributed by atoms with Crippen molar-refractivity contribution in [3.8, 4) is 0 Å². The molecule has 2 atom stereocenters. The van der Waals surface area contributed by atoms with Gasteiger partial charge in [0.1, 0.15) is 0 Å². The Morgan fingerprint density at radius 1 is 1.80 bits per heavy atom. The van der Waals surface area contributed by atoms with Crippen molar-refractivity contribution in [3.63, 3.8) is 0 Å². The maximum atomic E-state index is 8.94. The monoisotopic (exact) mass is 161 g/mol. The molecule has 0 saturated carbocycles. The number of rotatable bonds is 3. The third kappa shape index (κ3) is 2.90. The van der Waals surface area contributed by atoms with Gasteiger partial charge in [-0.3, -0.25) is 0 Å². The van der Waals surface area contributed by atoms with Crippen LogP contribution in [0.5, 0.6) is 0 Å². The highest BCUT2D eigenvalue weighted by Crippen LogP contribution is 2.16. The summed E-state index contributed by atoms with van der Waals surface area (Å²) in [6.45, 7) is 2.56. The standard InChI is InChI=1S/C7H15NOS/c1-6(9)4-8-7-2-3-10-5-7/h6-9H,2-5H2,1H3/t6-,7+/m0/s1. The Bertz CT molecular complexity index is 91.6. The third-order valence-corrected chi connectivity index (χ3v) is 2.79. The maximum Gasteiger partial charge on any atom is 0.0636 e. The first-order valence-corrected chi connectivity index (χ1v) is 4.93. The van der Waals surface area contributed by atoms with Crippen molar-refractivity contribution in [3.05, 3.63) is 0 Å². The van der Waals surface area contributed by atoms with Crippen molar-refractivity contribution in [2.45, 2.75) is 25.5 Å². The summed E-state index contributed by atoms with van der Waals surface area (Å²) in [7, 11) is 0. The molecule has 60 valence electrons. The highest BCUT2D eigenvalue weighted by atomic mass is 32.2. The number of nitrogens with one attached hydrogen (secondary N) is 1. The van der Waals surface area contributed by atoms with Crippen molar-refractivity contribution >= 4 is 11.8 Å². The largest absolute Gasteiger partial charge is 0.392 e. The predicted molar refractivity (Wildman–Crippen MR) is 45.4 cm³/mol. The van der Waals surface area contributed by atoms with Gasteiger partial charge < -0.3 is 10.4 Å². The van der Waals surface area contributed by atoms with Gasteiger partial charge in [-0.2, -0.15) is 11.8 Å². The van der Waals surface area contributed by atoms with Gasteiger partial charge in [-0.1, -0.05) is 0 Å². The molecule has 0 amide bonds. The van der Waals surface area contributed by atoms with Gasteiger partial charge >= 0.3 is 0 Å². The Kier molecular flexibility index (Phi) is 3.52. The van der Waals surface area contributed by atoms with Crippen LogP contribution in [0.3, 0.4) is 0 Å². The average Bonchev–Trinajstić information content (AvgIpc) is 2.34. The van der Waals surface area contributed by atoms with E-state index in [1.807, 2.05) is 18.7 Å². The van der Waals surface area contributed by atoms with Crippen molar-refractivity contribution < 1.29 is 5.11 Å². The van der Waals surface area contributed by atoms with Crippen LogP contribution in [0.25, 0.3) is 0 Å². The molecular weight excluding hydrogens is 146 g/mol. The van der Waals surface area contributed by atoms with Crippen LogP contribution >= 0.6 is 11.8 Å². The molecule has 0 aromatic carbocycles. The van der Waals surface area contributed by atoms with Gasteiger partial charge in [-0.05, 0) is 19.1 Å². The van der Waals surface area contributed by atoms with Gasteiger partial charge in [0.25, 0.3) is 0 Å². The molecule has 1 aliphatic rings. The average molecular weight is 161 g/mol. The maximum absolute atomic E-state index is 8.94. The highest BCUT2D eigenvalue weighted by Gasteiger charge is 2.14. The first-order chi connectivity index (χ1) is 4.79. The fraction of sp³-hybridized carbons (Fsp3) is 1.00. The first kappa shape index (κ1) is 8.37. The molecule has 3 heteroatoms. The van der Waals surface area contributed by atoms with Gasteiger partial charge in [-0.25, -0.2) is 0 Å². The number of hydrogen-bond donors (Lipinski definition) is 2. The summed E-state index contributed by atoms with van der Waals surface area (Å²) >= 11 is 1.99. The van der Waals surface area contributed by atoms with Crippen molar-refractivity contribution in [2.75, 3.05) is 18.1 Å². The molecule has 0 aromatic heterocycles. The zero-order valence-corrected chi connectivity index (χ0v) is 7.16. The van der Waals surface area contributed by atoms with Crippen LogP contribution in [0, 0.1) is 0 Å². The van der Waals surface area contributed by atoms with Gasteiger partial charge in [0.2, 0.25) is 0 Å². The lowest BCUT2D eigenvalue weighted by molar-refractivity contribution is 0.187. The van der Waals surface area contributed by atoms with Crippen molar-refractivity contribution in [2.24, 2.45) is 0 Å². The molecule has 1 rings (SSSR count). The second kappa shape index (κ2) is 4.21. The summed E-state index contributed by atoms with van der Waals surface area (Å²) in [5.74, 6) is 2.49. The second-order valence-electron chi connectivity index (χ2n) is 2.82. The van der Waals surface area contributed by atoms with E-state index < -0.39 is 0 Å². The Labute approximate surface area is 66.4 Å². The fourth-order valence-electron chi connectivity index (χ4n) is 1.03. The Morgan fingerprint density at radius 2 is 2.60 bits per heavy atom. The van der Waals surface area contributed by atoms with E-state index in [2.05, 4.69) is 5.32 Å². The van der Waals surface area contributed by atoms with E-state index in [4.69, 9.17) is 5.11 Å². The SMILES string of the molecule is C[C@H](O)CN[C@@H]1CCSC1. The van der Waals surface area contributed by atoms with Gasteiger partial charge in [0.15, 0.2) is 0 Å². The Balaban J connectivity index is 2.01. The van der Waals surface area contributed by atoms with Crippen LogP contribution < -0.4 is 5.32 Å². The van der Waals surface area contributed by atoms with E-state index in [-0.39, 0.29) is 6.10 Å². The number of thioether (sulfide) groups is 1. The van der Waals surface area contributed by atoms with Crippen LogP contribution in [0.1, 0.15) is 13.3 Å². The predicted octanol–water partition coefficient (Wildman–Crippen LogP) is 0.462. The van der Waals surface area contributed by atoms with E-state index in [1.54, 1.807) is 0 Å². The van der Waals surface area contributed by atoms with Gasteiger partial charge in [0, 0.05) is 18.3 Å². The van der Waals surface area contributed by atoms with Crippen LogP contribution in [0.4, 0.5) is 0 Å². The van der Waals surface area contributed by atoms with Crippen LogP contribution in [-0.2, 0) is 0 Å². The number of hydrogen-bond acceptors (Lipinski definition) is 3. The minimum Gasteiger partial charge on any atom is -0.392 e. The molecule has 2 nitrogen and oxygen atoms in total. The lowest BCUT2D eigenvalue weighted by atomic mass is 10.2. The molecule has 0 spiro atoms. The van der Waals surface area contributed by atoms with Crippen molar-refractivity contribution in [1.82, 2.24) is 5.32 Å². The summed E-state index contributed by atoms with van der Waals surface area (Å²) in [5, 5.41) is 12.3. The van der Waals surface area contributed by atoms with Crippen molar-refractivity contribution in [1.29, 1.82) is 0 Å². The highest BCUT2D eigenvalue weighted by molar-refractivity contribution is 7.99. The molecule has 0 aliphatic carbocycles. The zero-order chi connectivity index (χ0) is 7.40. The summed E-state index contributed by atoms with van der Waals surface area (Å²) < 4.78 is 0. The number of aliphatic hydroxyl groups is 1. The van der Waals surface area contributed by atoms with E-state index in [0.29, 0.717) is 6.04 Å². The molecule has 0 aromatic rings. The molecule has 0 unspecified atom stereocenters. The summed E-state index contributed by atoms with van der Waals surface area (Å²) in [5.41, 5.74) is 0. The topological polar surface area (TPSA) is 32.3 Å². The Hall–Kier alpha value is 0.270. The van der Waals surface area contributed by atoms with Gasteiger partial charge in [-0.15, -0.1) is 0 Å².